The molecule has 2 atom stereocenters. The van der Waals surface area contributed by atoms with Crippen molar-refractivity contribution in [1.82, 2.24) is 5.32 Å². The van der Waals surface area contributed by atoms with Crippen LogP contribution < -0.4 is 15.0 Å². The minimum absolute atomic E-state index is 0.00574. The van der Waals surface area contributed by atoms with Gasteiger partial charge in [-0.15, -0.1) is 0 Å². The Kier molecular flexibility index (Phi) is 11.4. The highest BCUT2D eigenvalue weighted by Crippen LogP contribution is 2.32. The van der Waals surface area contributed by atoms with Gasteiger partial charge in [0.25, 0.3) is 5.91 Å². The van der Waals surface area contributed by atoms with E-state index < -0.39 is 52.7 Å². The van der Waals surface area contributed by atoms with Gasteiger partial charge < -0.3 is 24.4 Å². The molecule has 4 rings (SSSR count). The SMILES string of the molecule is CCS(=O)(=O)c1ccc([C@H](CC(=O)OC)NC(=O)c2ccc(N3CC[C@H](Oc4ccc(C(F)(F)F)cc4)C3)cc2COC(F)F)cc1. The van der Waals surface area contributed by atoms with Crippen molar-refractivity contribution >= 4 is 27.4 Å². The summed E-state index contributed by atoms with van der Waals surface area (Å²) in [6.45, 7) is -1.40. The molecule has 1 fully saturated rings. The van der Waals surface area contributed by atoms with Gasteiger partial charge in [-0.05, 0) is 65.7 Å². The first kappa shape index (κ1) is 35.6. The van der Waals surface area contributed by atoms with Gasteiger partial charge >= 0.3 is 18.8 Å². The van der Waals surface area contributed by atoms with E-state index in [4.69, 9.17) is 9.47 Å². The molecular formula is C32H33F5N2O7S. The number of halogens is 5. The maximum Gasteiger partial charge on any atom is 0.416 e. The largest absolute Gasteiger partial charge is 0.489 e. The zero-order chi connectivity index (χ0) is 34.4. The van der Waals surface area contributed by atoms with Gasteiger partial charge in [-0.25, -0.2) is 8.42 Å². The summed E-state index contributed by atoms with van der Waals surface area (Å²) in [4.78, 5) is 27.6. The summed E-state index contributed by atoms with van der Waals surface area (Å²) in [5.41, 5.74) is 0.334. The topological polar surface area (TPSA) is 111 Å². The molecular weight excluding hydrogens is 651 g/mol. The van der Waals surface area contributed by atoms with Crippen molar-refractivity contribution in [1.29, 1.82) is 0 Å². The van der Waals surface area contributed by atoms with E-state index in [0.717, 1.165) is 12.1 Å². The monoisotopic (exact) mass is 684 g/mol. The molecule has 1 amide bonds. The number of methoxy groups -OCH3 is 1. The van der Waals surface area contributed by atoms with Crippen molar-refractivity contribution in [3.63, 3.8) is 0 Å². The lowest BCUT2D eigenvalue weighted by molar-refractivity contribution is -0.141. The highest BCUT2D eigenvalue weighted by molar-refractivity contribution is 7.91. The fraction of sp³-hybridized carbons (Fsp3) is 0.375. The van der Waals surface area contributed by atoms with E-state index in [9.17, 15) is 40.0 Å². The van der Waals surface area contributed by atoms with E-state index in [1.165, 1.54) is 62.6 Å². The zero-order valence-electron chi connectivity index (χ0n) is 25.4. The molecule has 3 aromatic rings. The molecule has 0 aromatic heterocycles. The molecule has 0 saturated carbocycles. The van der Waals surface area contributed by atoms with Crippen LogP contribution in [-0.4, -0.2) is 59.0 Å². The van der Waals surface area contributed by atoms with Crippen molar-refractivity contribution in [2.24, 2.45) is 0 Å². The van der Waals surface area contributed by atoms with Gasteiger partial charge in [-0.3, -0.25) is 9.59 Å². The third kappa shape index (κ3) is 9.41. The summed E-state index contributed by atoms with van der Waals surface area (Å²) in [5, 5.41) is 2.72. The molecule has 0 unspecified atom stereocenters. The summed E-state index contributed by atoms with van der Waals surface area (Å²) in [6.07, 6.45) is -4.60. The predicted molar refractivity (Wildman–Crippen MR) is 161 cm³/mol. The van der Waals surface area contributed by atoms with Crippen molar-refractivity contribution in [2.45, 2.75) is 56.2 Å². The van der Waals surface area contributed by atoms with E-state index in [2.05, 4.69) is 10.1 Å². The first-order valence-electron chi connectivity index (χ1n) is 14.5. The number of benzene rings is 3. The number of esters is 1. The lowest BCUT2D eigenvalue weighted by Crippen LogP contribution is -2.31. The Labute approximate surface area is 268 Å². The average Bonchev–Trinajstić information content (AvgIpc) is 3.51. The second-order valence-corrected chi connectivity index (χ2v) is 13.0. The molecule has 0 aliphatic carbocycles. The van der Waals surface area contributed by atoms with Crippen LogP contribution in [0.25, 0.3) is 0 Å². The number of anilines is 1. The Morgan fingerprint density at radius 2 is 1.70 bits per heavy atom. The molecule has 0 bridgehead atoms. The Balaban J connectivity index is 1.52. The fourth-order valence-electron chi connectivity index (χ4n) is 5.06. The number of nitrogens with zero attached hydrogens (tertiary/aromatic N) is 1. The second-order valence-electron chi connectivity index (χ2n) is 10.7. The van der Waals surface area contributed by atoms with E-state index in [1.807, 2.05) is 4.90 Å². The minimum atomic E-state index is -4.47. The molecule has 0 spiro atoms. The van der Waals surface area contributed by atoms with Gasteiger partial charge in [0.2, 0.25) is 0 Å². The second kappa shape index (κ2) is 15.1. The first-order valence-corrected chi connectivity index (χ1v) is 16.2. The van der Waals surface area contributed by atoms with E-state index in [0.29, 0.717) is 30.8 Å². The summed E-state index contributed by atoms with van der Waals surface area (Å²) >= 11 is 0. The van der Waals surface area contributed by atoms with Crippen LogP contribution in [0.3, 0.4) is 0 Å². The summed E-state index contributed by atoms with van der Waals surface area (Å²) in [6, 6.07) is 13.7. The number of carbonyl (C=O) groups is 2. The zero-order valence-corrected chi connectivity index (χ0v) is 26.2. The maximum absolute atomic E-state index is 13.5. The van der Waals surface area contributed by atoms with Crippen molar-refractivity contribution in [3.05, 3.63) is 89.0 Å². The third-order valence-corrected chi connectivity index (χ3v) is 9.37. The summed E-state index contributed by atoms with van der Waals surface area (Å²) in [7, 11) is -2.32. The van der Waals surface area contributed by atoms with E-state index in [1.54, 1.807) is 6.07 Å². The number of amides is 1. The quantitative estimate of drug-likeness (QED) is 0.174. The fourth-order valence-corrected chi connectivity index (χ4v) is 5.94. The van der Waals surface area contributed by atoms with Gasteiger partial charge in [0.1, 0.15) is 11.9 Å². The number of hydrogen-bond donors (Lipinski definition) is 1. The van der Waals surface area contributed by atoms with E-state index >= 15 is 0 Å². The van der Waals surface area contributed by atoms with Crippen LogP contribution in [0.5, 0.6) is 5.75 Å². The molecule has 3 aromatic carbocycles. The summed E-state index contributed by atoms with van der Waals surface area (Å²) < 4.78 is 104. The maximum atomic E-state index is 13.5. The van der Waals surface area contributed by atoms with Crippen LogP contribution >= 0.6 is 0 Å². The molecule has 1 aliphatic heterocycles. The van der Waals surface area contributed by atoms with Crippen molar-refractivity contribution in [2.75, 3.05) is 30.9 Å². The lowest BCUT2D eigenvalue weighted by atomic mass is 10.0. The smallest absolute Gasteiger partial charge is 0.416 e. The first-order chi connectivity index (χ1) is 22.2. The van der Waals surface area contributed by atoms with Crippen LogP contribution in [-0.2, 0) is 36.9 Å². The van der Waals surface area contributed by atoms with Gasteiger partial charge in [-0.2, -0.15) is 22.0 Å². The van der Waals surface area contributed by atoms with Gasteiger partial charge in [-0.1, -0.05) is 19.1 Å². The molecule has 1 saturated heterocycles. The Hall–Kier alpha value is -4.24. The van der Waals surface area contributed by atoms with E-state index in [-0.39, 0.29) is 40.0 Å². The van der Waals surface area contributed by atoms with Gasteiger partial charge in [0, 0.05) is 24.2 Å². The van der Waals surface area contributed by atoms with Crippen molar-refractivity contribution < 1.29 is 54.2 Å². The molecule has 1 heterocycles. The molecule has 0 radical (unpaired) electrons. The molecule has 15 heteroatoms. The number of sulfone groups is 1. The Bertz CT molecular complexity index is 1650. The molecule has 254 valence electrons. The standard InChI is InChI=1S/C32H33F5N2O7S/c1-3-47(42,43)26-11-4-20(5-12-26)28(17-29(40)44-2)38-30(41)27-13-8-23(16-21(27)19-45-31(33)34)39-15-14-25(18-39)46-24-9-6-22(7-10-24)32(35,36)37/h4-13,16,25,28,31H,3,14-15,17-19H2,1-2H3,(H,38,41)/t25-,28-/m0/s1. The van der Waals surface area contributed by atoms with Crippen LogP contribution in [0.4, 0.5) is 27.6 Å². The number of carbonyl (C=O) groups excluding carboxylic acids is 2. The van der Waals surface area contributed by atoms with Crippen LogP contribution in [0.15, 0.2) is 71.6 Å². The van der Waals surface area contributed by atoms with Crippen LogP contribution in [0.2, 0.25) is 0 Å². The lowest BCUT2D eigenvalue weighted by Gasteiger charge is -2.23. The number of hydrogen-bond acceptors (Lipinski definition) is 8. The Morgan fingerprint density at radius 3 is 2.30 bits per heavy atom. The van der Waals surface area contributed by atoms with Gasteiger partial charge in [0.05, 0.1) is 48.9 Å². The molecule has 9 nitrogen and oxygen atoms in total. The number of ether oxygens (including phenoxy) is 3. The van der Waals surface area contributed by atoms with Gasteiger partial charge in [0.15, 0.2) is 9.84 Å². The average molecular weight is 685 g/mol. The van der Waals surface area contributed by atoms with Crippen molar-refractivity contribution in [3.8, 4) is 5.75 Å². The third-order valence-electron chi connectivity index (χ3n) is 7.62. The Morgan fingerprint density at radius 1 is 1.02 bits per heavy atom. The van der Waals surface area contributed by atoms with Crippen LogP contribution in [0, 0.1) is 0 Å². The highest BCUT2D eigenvalue weighted by atomic mass is 32.2. The predicted octanol–water partition coefficient (Wildman–Crippen LogP) is 5.93. The highest BCUT2D eigenvalue weighted by Gasteiger charge is 2.31. The number of alkyl halides is 5. The van der Waals surface area contributed by atoms with Crippen LogP contribution in [0.1, 0.15) is 52.9 Å². The normalized spacial score (nSPS) is 15.8. The minimum Gasteiger partial charge on any atom is -0.489 e. The number of rotatable bonds is 13. The summed E-state index contributed by atoms with van der Waals surface area (Å²) in [5.74, 6) is -1.20. The molecule has 47 heavy (non-hydrogen) atoms. The molecule has 1 N–H and O–H groups in total. The molecule has 1 aliphatic rings. The number of nitrogens with one attached hydrogen (secondary N) is 1.